The molecule has 1 unspecified atom stereocenters. The van der Waals surface area contributed by atoms with Crippen LogP contribution in [-0.2, 0) is 61.2 Å². The fraction of sp³-hybridized carbons (Fsp3) is 0.483. The molecule has 0 aromatic heterocycles. The van der Waals surface area contributed by atoms with Crippen LogP contribution in [-0.4, -0.2) is 119 Å². The molecule has 7 amide bonds. The van der Waals surface area contributed by atoms with Gasteiger partial charge in [0.25, 0.3) is 5.91 Å². The Morgan fingerprint density at radius 1 is 0.667 bits per heavy atom. The number of likely N-dealkylation sites (N-methyl/N-ethyl adjacent to an activating group) is 2. The molecule has 4 aromatic rings. The third-order valence-corrected chi connectivity index (χ3v) is 16.3. The molecule has 0 spiro atoms. The minimum absolute atomic E-state index is 0.0261. The monoisotopic (exact) mass is 1110 g/mol. The van der Waals surface area contributed by atoms with E-state index in [2.05, 4.69) is 38.0 Å². The predicted molar refractivity (Wildman–Crippen MR) is 303 cm³/mol. The van der Waals surface area contributed by atoms with Crippen molar-refractivity contribution in [2.75, 3.05) is 20.6 Å². The van der Waals surface area contributed by atoms with E-state index in [-0.39, 0.29) is 79.6 Å². The van der Waals surface area contributed by atoms with Crippen LogP contribution < -0.4 is 31.9 Å². The second-order valence-electron chi connectivity index (χ2n) is 23.3. The van der Waals surface area contributed by atoms with Gasteiger partial charge in [0.15, 0.2) is 0 Å². The summed E-state index contributed by atoms with van der Waals surface area (Å²) >= 11 is 13.3. The van der Waals surface area contributed by atoms with Crippen molar-refractivity contribution in [3.05, 3.63) is 140 Å². The maximum absolute atomic E-state index is 15.4. The van der Waals surface area contributed by atoms with Gasteiger partial charge >= 0.3 is 0 Å². The summed E-state index contributed by atoms with van der Waals surface area (Å²) in [4.78, 5) is 105. The van der Waals surface area contributed by atoms with Crippen molar-refractivity contribution in [1.29, 1.82) is 0 Å². The number of aryl methyl sites for hydroxylation is 1. The molecule has 2 aliphatic heterocycles. The molecule has 7 rings (SSSR count). The lowest BCUT2D eigenvalue weighted by Crippen LogP contribution is -2.62. The first-order chi connectivity index (χ1) is 36.9. The topological polar surface area (TPSA) is 201 Å². The highest BCUT2D eigenvalue weighted by Gasteiger charge is 2.47. The fourth-order valence-corrected chi connectivity index (χ4v) is 10.9. The molecule has 418 valence electrons. The number of likely N-dealkylation sites (tertiary alicyclic amines) is 1. The van der Waals surface area contributed by atoms with Crippen molar-refractivity contribution in [2.45, 2.75) is 155 Å². The molecule has 0 bridgehead atoms. The smallest absolute Gasteiger partial charge is 0.251 e. The van der Waals surface area contributed by atoms with Crippen molar-refractivity contribution in [2.24, 2.45) is 10.8 Å². The van der Waals surface area contributed by atoms with Gasteiger partial charge in [-0.25, -0.2) is 0 Å². The molecule has 1 saturated heterocycles. The van der Waals surface area contributed by atoms with Crippen molar-refractivity contribution in [3.63, 3.8) is 0 Å². The van der Waals surface area contributed by atoms with Crippen molar-refractivity contribution in [1.82, 2.24) is 46.6 Å². The Morgan fingerprint density at radius 3 is 1.85 bits per heavy atom. The first-order valence-electron chi connectivity index (χ1n) is 27.0. The number of nitrogens with one attached hydrogen (secondary N) is 6. The summed E-state index contributed by atoms with van der Waals surface area (Å²) in [5.41, 5.74) is 4.16. The Labute approximate surface area is 469 Å². The van der Waals surface area contributed by atoms with Gasteiger partial charge in [-0.2, -0.15) is 0 Å². The lowest BCUT2D eigenvalue weighted by Gasteiger charge is -2.42. The van der Waals surface area contributed by atoms with Gasteiger partial charge in [-0.05, 0) is 116 Å². The summed E-state index contributed by atoms with van der Waals surface area (Å²) in [6.07, 6.45) is 2.91. The van der Waals surface area contributed by atoms with Crippen LogP contribution in [0.4, 0.5) is 0 Å². The maximum atomic E-state index is 15.4. The number of benzene rings is 4. The number of hydrogen-bond donors (Lipinski definition) is 6. The fourth-order valence-electron chi connectivity index (χ4n) is 10.6. The molecule has 0 radical (unpaired) electrons. The third-order valence-electron chi connectivity index (χ3n) is 15.5. The zero-order chi connectivity index (χ0) is 56.8. The molecule has 3 aliphatic rings. The molecule has 1 aliphatic carbocycles. The molecule has 1 fully saturated rings. The van der Waals surface area contributed by atoms with Gasteiger partial charge in [0.1, 0.15) is 24.2 Å². The first-order valence-corrected chi connectivity index (χ1v) is 27.8. The highest BCUT2D eigenvalue weighted by molar-refractivity contribution is 6.42. The van der Waals surface area contributed by atoms with Crippen LogP contribution in [0.2, 0.25) is 10.0 Å². The molecule has 8 atom stereocenters. The summed E-state index contributed by atoms with van der Waals surface area (Å²) in [7, 11) is 3.33. The molecule has 2 heterocycles. The third kappa shape index (κ3) is 13.9. The standard InChI is InChI=1S/C60H77Cl2N9O7/c1-35(63-9)52(72)67-50(59(3,4)5)57(77)70-33-41-19-12-11-18-40(41)29-48(70)56(76)69(32-42-21-15-23-45(61)49(42)62)31-37-25-27-39(28-26-37)54(74)65-43-30-47(55(75)66-46-24-16-20-38-17-13-14-22-44(38)46)71(34-43)58(78)51(60(6,7)8)68-53(73)36(2)64-10/h11-15,17-19,21-23,25-28,35-36,43,46-48,50-51,63-64H,16,20,24,29-34H2,1-10H3,(H,65,74)(H,66,75)(H,67,72)(H,68,73)/t35-,36-,43-,46+,47-,48-,50?,51+/m0/s1. The Balaban J connectivity index is 1.14. The number of fused-ring (bicyclic) bond motifs is 2. The number of carbonyl (C=O) groups excluding carboxylic acids is 7. The first kappa shape index (κ1) is 59.3. The lowest BCUT2D eigenvalue weighted by atomic mass is 9.84. The van der Waals surface area contributed by atoms with Crippen LogP contribution in [0.5, 0.6) is 0 Å². The van der Waals surface area contributed by atoms with Crippen molar-refractivity contribution >= 4 is 64.6 Å². The van der Waals surface area contributed by atoms with Gasteiger partial charge in [0.2, 0.25) is 35.4 Å². The SMILES string of the molecule is CN[C@@H](C)C(=O)NC(C(=O)N1Cc2ccccc2C[C@H]1C(=O)N(Cc1ccc(C(=O)N[C@H]2C[C@@H](C(=O)N[C@@H]3CCCc4ccccc43)N(C(=O)[C@@H](NC(=O)[C@H](C)NC)C(C)(C)C)C2)cc1)Cc1cccc(Cl)c1Cl)C(C)(C)C. The number of carbonyl (C=O) groups is 7. The van der Waals surface area contributed by atoms with Gasteiger partial charge in [0.05, 0.1) is 28.2 Å². The highest BCUT2D eigenvalue weighted by atomic mass is 35.5. The quantitative estimate of drug-likeness (QED) is 0.0670. The van der Waals surface area contributed by atoms with E-state index in [1.54, 1.807) is 80.2 Å². The largest absolute Gasteiger partial charge is 0.347 e. The van der Waals surface area contributed by atoms with Gasteiger partial charge in [-0.3, -0.25) is 33.6 Å². The molecule has 16 nitrogen and oxygen atoms in total. The minimum atomic E-state index is -0.979. The van der Waals surface area contributed by atoms with E-state index in [9.17, 15) is 28.8 Å². The number of rotatable bonds is 17. The number of amides is 7. The number of halogens is 2. The van der Waals surface area contributed by atoms with Crippen molar-refractivity contribution in [3.8, 4) is 0 Å². The Hall–Kier alpha value is -6.33. The number of hydrogen-bond acceptors (Lipinski definition) is 9. The molecular weight excluding hydrogens is 1030 g/mol. The average molecular weight is 1110 g/mol. The molecule has 18 heteroatoms. The van der Waals surface area contributed by atoms with Crippen LogP contribution in [0.1, 0.15) is 124 Å². The summed E-state index contributed by atoms with van der Waals surface area (Å²) in [5.74, 6) is -2.63. The minimum Gasteiger partial charge on any atom is -0.347 e. The van der Waals surface area contributed by atoms with Crippen LogP contribution >= 0.6 is 23.2 Å². The van der Waals surface area contributed by atoms with E-state index in [1.165, 1.54) is 10.5 Å². The van der Waals surface area contributed by atoms with E-state index in [4.69, 9.17) is 23.2 Å². The van der Waals surface area contributed by atoms with Gasteiger partial charge in [-0.15, -0.1) is 0 Å². The highest BCUT2D eigenvalue weighted by Crippen LogP contribution is 2.34. The van der Waals surface area contributed by atoms with Gasteiger partial charge in [-0.1, -0.05) is 138 Å². The Morgan fingerprint density at radius 2 is 1.24 bits per heavy atom. The second-order valence-corrected chi connectivity index (χ2v) is 24.0. The van der Waals surface area contributed by atoms with Crippen molar-refractivity contribution < 1.29 is 33.6 Å². The number of nitrogens with zero attached hydrogens (tertiary/aromatic N) is 3. The molecule has 6 N–H and O–H groups in total. The van der Waals surface area contributed by atoms with E-state index >= 15 is 4.79 Å². The van der Waals surface area contributed by atoms with Crippen LogP contribution in [0, 0.1) is 10.8 Å². The summed E-state index contributed by atoms with van der Waals surface area (Å²) in [6.45, 7) is 14.9. The molecule has 4 aromatic carbocycles. The normalized spacial score (nSPS) is 19.7. The zero-order valence-electron chi connectivity index (χ0n) is 46.6. The molecule has 78 heavy (non-hydrogen) atoms. The van der Waals surface area contributed by atoms with E-state index in [0.29, 0.717) is 21.7 Å². The zero-order valence-corrected chi connectivity index (χ0v) is 48.1. The van der Waals surface area contributed by atoms with Crippen LogP contribution in [0.15, 0.2) is 91.0 Å². The molecule has 0 saturated carbocycles. The summed E-state index contributed by atoms with van der Waals surface area (Å²) in [6, 6.07) is 21.9. The average Bonchev–Trinajstić information content (AvgIpc) is 3.90. The van der Waals surface area contributed by atoms with E-state index in [0.717, 1.165) is 36.0 Å². The van der Waals surface area contributed by atoms with Crippen LogP contribution in [0.3, 0.4) is 0 Å². The Bertz CT molecular complexity index is 2870. The predicted octanol–water partition coefficient (Wildman–Crippen LogP) is 6.65. The van der Waals surface area contributed by atoms with Gasteiger partial charge in [0, 0.05) is 44.2 Å². The van der Waals surface area contributed by atoms with Crippen LogP contribution in [0.25, 0.3) is 0 Å². The Kier molecular flexibility index (Phi) is 19.2. The summed E-state index contributed by atoms with van der Waals surface area (Å²) in [5, 5.41) is 18.7. The second kappa shape index (κ2) is 25.2. The summed E-state index contributed by atoms with van der Waals surface area (Å²) < 4.78 is 0. The molecular formula is C60H77Cl2N9O7. The maximum Gasteiger partial charge on any atom is 0.251 e. The van der Waals surface area contributed by atoms with E-state index < -0.39 is 64.9 Å². The van der Waals surface area contributed by atoms with E-state index in [1.807, 2.05) is 84.0 Å². The lowest BCUT2D eigenvalue weighted by molar-refractivity contribution is -0.151. The van der Waals surface area contributed by atoms with Gasteiger partial charge < -0.3 is 46.6 Å².